The summed E-state index contributed by atoms with van der Waals surface area (Å²) in [6.07, 6.45) is 0. The van der Waals surface area contributed by atoms with E-state index in [1.165, 1.54) is 0 Å². The van der Waals surface area contributed by atoms with Crippen molar-refractivity contribution in [1.29, 1.82) is 0 Å². The normalized spacial score (nSPS) is 15.3. The van der Waals surface area contributed by atoms with Crippen LogP contribution in [0.1, 0.15) is 5.69 Å². The molecule has 0 bridgehead atoms. The SMILES string of the molecule is Cc1nn(C)c2c1N(C(=O)CCl)CCS2. The quantitative estimate of drug-likeness (QED) is 0.702. The van der Waals surface area contributed by atoms with Gasteiger partial charge in [0, 0.05) is 19.3 Å². The number of nitrogens with zero attached hydrogens (tertiary/aromatic N) is 3. The Hall–Kier alpha value is -0.680. The Morgan fingerprint density at radius 3 is 3.07 bits per heavy atom. The maximum atomic E-state index is 11.6. The number of amides is 1. The number of carbonyl (C=O) groups is 1. The van der Waals surface area contributed by atoms with Crippen LogP contribution in [0.5, 0.6) is 0 Å². The van der Waals surface area contributed by atoms with Crippen LogP contribution < -0.4 is 4.90 Å². The molecule has 0 fully saturated rings. The average molecular weight is 246 g/mol. The zero-order valence-corrected chi connectivity index (χ0v) is 10.2. The zero-order valence-electron chi connectivity index (χ0n) is 8.66. The van der Waals surface area contributed by atoms with Crippen LogP contribution in [0, 0.1) is 6.92 Å². The minimum absolute atomic E-state index is 0.0262. The predicted molar refractivity (Wildman–Crippen MR) is 61.7 cm³/mol. The molecule has 1 aromatic rings. The number of anilines is 1. The van der Waals surface area contributed by atoms with Gasteiger partial charge in [0.05, 0.1) is 11.4 Å². The average Bonchev–Trinajstić information content (AvgIpc) is 2.54. The van der Waals surface area contributed by atoms with Gasteiger partial charge < -0.3 is 4.90 Å². The van der Waals surface area contributed by atoms with Crippen molar-refractivity contribution >= 4 is 35.0 Å². The highest BCUT2D eigenvalue weighted by Crippen LogP contribution is 2.36. The van der Waals surface area contributed by atoms with E-state index in [0.717, 1.165) is 28.7 Å². The topological polar surface area (TPSA) is 38.1 Å². The van der Waals surface area contributed by atoms with Gasteiger partial charge in [-0.1, -0.05) is 0 Å². The molecule has 2 rings (SSSR count). The maximum absolute atomic E-state index is 11.6. The van der Waals surface area contributed by atoms with Crippen LogP contribution in [0.4, 0.5) is 5.69 Å². The van der Waals surface area contributed by atoms with Crippen LogP contribution in [0.15, 0.2) is 5.03 Å². The van der Waals surface area contributed by atoms with Gasteiger partial charge in [-0.25, -0.2) is 0 Å². The van der Waals surface area contributed by atoms with Crippen molar-refractivity contribution in [1.82, 2.24) is 9.78 Å². The molecule has 6 heteroatoms. The fourth-order valence-electron chi connectivity index (χ4n) is 1.77. The molecular weight excluding hydrogens is 234 g/mol. The van der Waals surface area contributed by atoms with E-state index >= 15 is 0 Å². The van der Waals surface area contributed by atoms with Crippen LogP contribution in [0.25, 0.3) is 0 Å². The molecule has 1 aliphatic heterocycles. The van der Waals surface area contributed by atoms with Gasteiger partial charge in [0.1, 0.15) is 10.9 Å². The van der Waals surface area contributed by atoms with Gasteiger partial charge in [-0.2, -0.15) is 5.10 Å². The van der Waals surface area contributed by atoms with Gasteiger partial charge in [-0.15, -0.1) is 23.4 Å². The summed E-state index contributed by atoms with van der Waals surface area (Å²) in [5, 5.41) is 5.37. The lowest BCUT2D eigenvalue weighted by Crippen LogP contribution is -2.36. The fraction of sp³-hybridized carbons (Fsp3) is 0.556. The van der Waals surface area contributed by atoms with Crippen molar-refractivity contribution in [2.75, 3.05) is 23.1 Å². The summed E-state index contributed by atoms with van der Waals surface area (Å²) in [6.45, 7) is 2.63. The molecule has 0 saturated carbocycles. The Morgan fingerprint density at radius 1 is 1.67 bits per heavy atom. The van der Waals surface area contributed by atoms with Gasteiger partial charge in [0.2, 0.25) is 5.91 Å². The third-order valence-electron chi connectivity index (χ3n) is 2.38. The molecule has 1 aromatic heterocycles. The third kappa shape index (κ3) is 1.74. The van der Waals surface area contributed by atoms with Crippen LogP contribution >= 0.6 is 23.4 Å². The first-order chi connectivity index (χ1) is 7.15. The highest BCUT2D eigenvalue weighted by molar-refractivity contribution is 7.99. The second-order valence-electron chi connectivity index (χ2n) is 3.39. The largest absolute Gasteiger partial charge is 0.306 e. The van der Waals surface area contributed by atoms with E-state index in [4.69, 9.17) is 11.6 Å². The fourth-order valence-corrected chi connectivity index (χ4v) is 3.00. The molecule has 0 atom stereocenters. The number of aromatic nitrogens is 2. The summed E-state index contributed by atoms with van der Waals surface area (Å²) < 4.78 is 1.82. The second-order valence-corrected chi connectivity index (χ2v) is 4.74. The molecule has 2 heterocycles. The van der Waals surface area contributed by atoms with Gasteiger partial charge in [-0.3, -0.25) is 9.48 Å². The highest BCUT2D eigenvalue weighted by Gasteiger charge is 2.27. The van der Waals surface area contributed by atoms with Gasteiger partial charge in [-0.05, 0) is 6.92 Å². The first kappa shape index (κ1) is 10.8. The molecule has 0 N–H and O–H groups in total. The summed E-state index contributed by atoms with van der Waals surface area (Å²) >= 11 is 7.32. The molecular formula is C9H12ClN3OS. The van der Waals surface area contributed by atoms with Crippen LogP contribution in [-0.4, -0.2) is 33.9 Å². The van der Waals surface area contributed by atoms with Gasteiger partial charge in [0.25, 0.3) is 0 Å². The minimum atomic E-state index is -0.0469. The van der Waals surface area contributed by atoms with Crippen molar-refractivity contribution < 1.29 is 4.79 Å². The Kier molecular flexibility index (Phi) is 2.93. The number of hydrogen-bond acceptors (Lipinski definition) is 3. The molecule has 4 nitrogen and oxygen atoms in total. The Bertz CT molecular complexity index is 404. The molecule has 0 spiro atoms. The van der Waals surface area contributed by atoms with Gasteiger partial charge in [0.15, 0.2) is 0 Å². The van der Waals surface area contributed by atoms with Crippen molar-refractivity contribution in [2.24, 2.45) is 7.05 Å². The smallest absolute Gasteiger partial charge is 0.242 e. The first-order valence-electron chi connectivity index (χ1n) is 4.68. The van der Waals surface area contributed by atoms with Crippen molar-refractivity contribution in [3.05, 3.63) is 5.69 Å². The van der Waals surface area contributed by atoms with E-state index in [9.17, 15) is 4.79 Å². The molecule has 0 radical (unpaired) electrons. The van der Waals surface area contributed by atoms with Crippen molar-refractivity contribution in [2.45, 2.75) is 11.9 Å². The minimum Gasteiger partial charge on any atom is -0.306 e. The zero-order chi connectivity index (χ0) is 11.0. The van der Waals surface area contributed by atoms with Gasteiger partial charge >= 0.3 is 0 Å². The number of carbonyl (C=O) groups excluding carboxylic acids is 1. The lowest BCUT2D eigenvalue weighted by Gasteiger charge is -2.26. The monoisotopic (exact) mass is 245 g/mol. The lowest BCUT2D eigenvalue weighted by atomic mass is 10.3. The van der Waals surface area contributed by atoms with Crippen LogP contribution in [0.3, 0.4) is 0 Å². The van der Waals surface area contributed by atoms with Crippen LogP contribution in [-0.2, 0) is 11.8 Å². The molecule has 1 aliphatic rings. The standard InChI is InChI=1S/C9H12ClN3OS/c1-6-8-9(12(2)11-6)15-4-3-13(8)7(14)5-10/h3-5H2,1-2H3. The number of rotatable bonds is 1. The summed E-state index contributed by atoms with van der Waals surface area (Å²) in [5.74, 6) is 0.877. The summed E-state index contributed by atoms with van der Waals surface area (Å²) in [4.78, 5) is 13.4. The van der Waals surface area contributed by atoms with E-state index < -0.39 is 0 Å². The molecule has 1 amide bonds. The number of fused-ring (bicyclic) bond motifs is 1. The number of alkyl halides is 1. The maximum Gasteiger partial charge on any atom is 0.242 e. The Balaban J connectivity index is 2.46. The Labute approximate surface area is 97.6 Å². The van der Waals surface area contributed by atoms with E-state index in [-0.39, 0.29) is 11.8 Å². The van der Waals surface area contributed by atoms with Crippen LogP contribution in [0.2, 0.25) is 0 Å². The van der Waals surface area contributed by atoms with Crippen molar-refractivity contribution in [3.63, 3.8) is 0 Å². The third-order valence-corrected chi connectivity index (χ3v) is 3.72. The Morgan fingerprint density at radius 2 is 2.40 bits per heavy atom. The molecule has 15 heavy (non-hydrogen) atoms. The van der Waals surface area contributed by atoms with E-state index in [1.807, 2.05) is 18.7 Å². The molecule has 0 aromatic carbocycles. The number of hydrogen-bond donors (Lipinski definition) is 0. The summed E-state index contributed by atoms with van der Waals surface area (Å²) in [7, 11) is 1.90. The lowest BCUT2D eigenvalue weighted by molar-refractivity contribution is -0.116. The molecule has 0 aliphatic carbocycles. The van der Waals surface area contributed by atoms with E-state index in [0.29, 0.717) is 0 Å². The second kappa shape index (κ2) is 4.06. The summed E-state index contributed by atoms with van der Waals surface area (Å²) in [5.41, 5.74) is 1.82. The molecule has 0 saturated heterocycles. The molecule has 0 unspecified atom stereocenters. The first-order valence-corrected chi connectivity index (χ1v) is 6.20. The van der Waals surface area contributed by atoms with Crippen molar-refractivity contribution in [3.8, 4) is 0 Å². The van der Waals surface area contributed by atoms with E-state index in [1.54, 1.807) is 16.7 Å². The summed E-state index contributed by atoms with van der Waals surface area (Å²) in [6, 6.07) is 0. The number of halogens is 1. The predicted octanol–water partition coefficient (Wildman–Crippen LogP) is 1.41. The van der Waals surface area contributed by atoms with E-state index in [2.05, 4.69) is 5.10 Å². The number of aryl methyl sites for hydroxylation is 2. The highest BCUT2D eigenvalue weighted by atomic mass is 35.5. The number of thioether (sulfide) groups is 1. The molecule has 82 valence electrons.